The zero-order valence-electron chi connectivity index (χ0n) is 20.0. The van der Waals surface area contributed by atoms with Gasteiger partial charge in [-0.3, -0.25) is 4.79 Å². The van der Waals surface area contributed by atoms with Gasteiger partial charge >= 0.3 is 0 Å². The first kappa shape index (κ1) is 26.5. The molecule has 0 saturated heterocycles. The Labute approximate surface area is 206 Å². The van der Waals surface area contributed by atoms with Crippen molar-refractivity contribution in [2.45, 2.75) is 38.2 Å². The van der Waals surface area contributed by atoms with E-state index < -0.39 is 12.0 Å². The van der Waals surface area contributed by atoms with Crippen molar-refractivity contribution in [3.05, 3.63) is 88.7 Å². The molecule has 7 nitrogen and oxygen atoms in total. The molecule has 3 rings (SSSR count). The van der Waals surface area contributed by atoms with Crippen LogP contribution in [0.2, 0.25) is 0 Å². The number of unbranched alkanes of at least 4 members (excludes halogenated alkanes) is 1. The van der Waals surface area contributed by atoms with E-state index in [2.05, 4.69) is 5.32 Å². The number of hydrogen-bond donors (Lipinski definition) is 5. The van der Waals surface area contributed by atoms with Crippen molar-refractivity contribution in [1.82, 2.24) is 5.32 Å². The van der Waals surface area contributed by atoms with Gasteiger partial charge in [0.05, 0.1) is 25.1 Å². The zero-order valence-corrected chi connectivity index (χ0v) is 20.0. The molecule has 0 saturated carbocycles. The first-order valence-corrected chi connectivity index (χ1v) is 12.2. The van der Waals surface area contributed by atoms with Gasteiger partial charge < -0.3 is 31.1 Å². The van der Waals surface area contributed by atoms with Crippen LogP contribution in [0.5, 0.6) is 5.75 Å². The minimum atomic E-state index is -0.642. The average Bonchev–Trinajstić information content (AvgIpc) is 2.87. The molecule has 1 amide bonds. The Bertz CT molecular complexity index is 1020. The van der Waals surface area contributed by atoms with Crippen molar-refractivity contribution in [2.75, 3.05) is 26.3 Å². The van der Waals surface area contributed by atoms with E-state index in [1.165, 1.54) is 5.56 Å². The standard InChI is InChI=1S/C28H36N2O5/c29-28(34)23-6-3-5-21(16-23)4-1-2-15-35-25-10-7-20(8-11-25)13-14-30-18-27(33)22-9-12-26(32)24(17-22)19-31/h3,5-12,16,24,27,30-33H,1-2,4,13-15,17-19H2,(H2,29,34). The highest BCUT2D eigenvalue weighted by Gasteiger charge is 2.22. The quantitative estimate of drug-likeness (QED) is 0.265. The van der Waals surface area contributed by atoms with E-state index in [9.17, 15) is 20.1 Å². The lowest BCUT2D eigenvalue weighted by Gasteiger charge is -2.23. The SMILES string of the molecule is NC(=O)c1cccc(CCCCOc2ccc(CCNCC(O)C3=CC=C(O)C(CO)C3)cc2)c1. The molecule has 7 heteroatoms. The number of allylic oxidation sites excluding steroid dienone is 2. The number of benzene rings is 2. The third-order valence-corrected chi connectivity index (χ3v) is 6.21. The van der Waals surface area contributed by atoms with Gasteiger partial charge in [0.15, 0.2) is 0 Å². The Morgan fingerprint density at radius 1 is 1.09 bits per heavy atom. The number of nitrogens with two attached hydrogens (primary N) is 1. The number of aliphatic hydroxyl groups excluding tert-OH is 3. The Hall–Kier alpha value is -3.13. The third-order valence-electron chi connectivity index (χ3n) is 6.21. The van der Waals surface area contributed by atoms with E-state index in [1.807, 2.05) is 42.5 Å². The van der Waals surface area contributed by atoms with E-state index >= 15 is 0 Å². The van der Waals surface area contributed by atoms with Crippen molar-refractivity contribution in [3.8, 4) is 5.75 Å². The van der Waals surface area contributed by atoms with E-state index in [0.29, 0.717) is 25.1 Å². The predicted molar refractivity (Wildman–Crippen MR) is 136 cm³/mol. The maximum absolute atomic E-state index is 11.3. The second kappa shape index (κ2) is 13.7. The Balaban J connectivity index is 1.29. The molecule has 6 N–H and O–H groups in total. The Kier molecular flexibility index (Phi) is 10.3. The molecule has 35 heavy (non-hydrogen) atoms. The second-order valence-corrected chi connectivity index (χ2v) is 8.90. The van der Waals surface area contributed by atoms with Crippen molar-refractivity contribution in [1.29, 1.82) is 0 Å². The van der Waals surface area contributed by atoms with Gasteiger partial charge in [0, 0.05) is 18.0 Å². The van der Waals surface area contributed by atoms with Crippen molar-refractivity contribution >= 4 is 5.91 Å². The van der Waals surface area contributed by atoms with Crippen LogP contribution >= 0.6 is 0 Å². The first-order chi connectivity index (χ1) is 17.0. The van der Waals surface area contributed by atoms with Crippen molar-refractivity contribution in [3.63, 3.8) is 0 Å². The lowest BCUT2D eigenvalue weighted by atomic mass is 9.90. The fraction of sp³-hybridized carbons (Fsp3) is 0.393. The molecule has 0 aliphatic heterocycles. The molecule has 2 aromatic carbocycles. The van der Waals surface area contributed by atoms with E-state index in [-0.39, 0.29) is 18.3 Å². The Morgan fingerprint density at radius 3 is 2.63 bits per heavy atom. The number of ether oxygens (including phenoxy) is 1. The van der Waals surface area contributed by atoms with Gasteiger partial charge in [-0.15, -0.1) is 0 Å². The summed E-state index contributed by atoms with van der Waals surface area (Å²) < 4.78 is 5.84. The number of amides is 1. The molecule has 2 unspecified atom stereocenters. The van der Waals surface area contributed by atoms with Crippen LogP contribution in [0, 0.1) is 5.92 Å². The fourth-order valence-electron chi connectivity index (χ4n) is 4.05. The van der Waals surface area contributed by atoms with Gasteiger partial charge in [-0.1, -0.05) is 30.3 Å². The number of carbonyl (C=O) groups is 1. The molecule has 0 radical (unpaired) electrons. The largest absolute Gasteiger partial charge is 0.512 e. The fourth-order valence-corrected chi connectivity index (χ4v) is 4.05. The summed E-state index contributed by atoms with van der Waals surface area (Å²) in [6.45, 7) is 1.65. The molecule has 2 atom stereocenters. The average molecular weight is 481 g/mol. The van der Waals surface area contributed by atoms with E-state index in [1.54, 1.807) is 18.2 Å². The second-order valence-electron chi connectivity index (χ2n) is 8.90. The lowest BCUT2D eigenvalue weighted by molar-refractivity contribution is 0.1000. The first-order valence-electron chi connectivity index (χ1n) is 12.2. The number of carbonyl (C=O) groups excluding carboxylic acids is 1. The maximum Gasteiger partial charge on any atom is 0.248 e. The number of hydrogen-bond acceptors (Lipinski definition) is 6. The van der Waals surface area contributed by atoms with Gasteiger partial charge in [-0.25, -0.2) is 0 Å². The molecule has 0 heterocycles. The monoisotopic (exact) mass is 480 g/mol. The van der Waals surface area contributed by atoms with Crippen LogP contribution in [-0.2, 0) is 12.8 Å². The summed E-state index contributed by atoms with van der Waals surface area (Å²) in [6.07, 6.45) is 6.69. The number of rotatable bonds is 14. The molecule has 0 spiro atoms. The molecule has 188 valence electrons. The molecule has 2 aromatic rings. The molecule has 0 fully saturated rings. The lowest BCUT2D eigenvalue weighted by Crippen LogP contribution is -2.31. The minimum absolute atomic E-state index is 0.133. The van der Waals surface area contributed by atoms with Gasteiger partial charge in [0.1, 0.15) is 5.75 Å². The molecule has 1 aliphatic carbocycles. The summed E-state index contributed by atoms with van der Waals surface area (Å²) in [5, 5.41) is 32.7. The number of aryl methyl sites for hydroxylation is 1. The van der Waals surface area contributed by atoms with Crippen LogP contribution in [0.15, 0.2) is 72.0 Å². The number of primary amides is 1. The van der Waals surface area contributed by atoms with Crippen LogP contribution in [0.4, 0.5) is 0 Å². The van der Waals surface area contributed by atoms with E-state index in [0.717, 1.165) is 49.1 Å². The molecule has 1 aliphatic rings. The van der Waals surface area contributed by atoms with Gasteiger partial charge in [0.25, 0.3) is 0 Å². The summed E-state index contributed by atoms with van der Waals surface area (Å²) >= 11 is 0. The van der Waals surface area contributed by atoms with Crippen molar-refractivity contribution in [2.24, 2.45) is 11.7 Å². The van der Waals surface area contributed by atoms with Crippen LogP contribution in [-0.4, -0.2) is 53.6 Å². The number of aliphatic hydroxyl groups is 3. The predicted octanol–water partition coefficient (Wildman–Crippen LogP) is 3.06. The molecular weight excluding hydrogens is 444 g/mol. The van der Waals surface area contributed by atoms with Crippen LogP contribution in [0.1, 0.15) is 40.7 Å². The summed E-state index contributed by atoms with van der Waals surface area (Å²) in [7, 11) is 0. The molecular formula is C28H36N2O5. The smallest absolute Gasteiger partial charge is 0.248 e. The molecule has 0 aromatic heterocycles. The summed E-state index contributed by atoms with van der Waals surface area (Å²) in [4.78, 5) is 11.3. The topological polar surface area (TPSA) is 125 Å². The highest BCUT2D eigenvalue weighted by Crippen LogP contribution is 2.25. The van der Waals surface area contributed by atoms with Gasteiger partial charge in [0.2, 0.25) is 5.91 Å². The van der Waals surface area contributed by atoms with Crippen LogP contribution in [0.25, 0.3) is 0 Å². The summed E-state index contributed by atoms with van der Waals surface area (Å²) in [6, 6.07) is 15.5. The van der Waals surface area contributed by atoms with Gasteiger partial charge in [-0.2, -0.15) is 0 Å². The molecule has 0 bridgehead atoms. The third kappa shape index (κ3) is 8.55. The van der Waals surface area contributed by atoms with Gasteiger partial charge in [-0.05, 0) is 85.7 Å². The highest BCUT2D eigenvalue weighted by molar-refractivity contribution is 5.92. The van der Waals surface area contributed by atoms with E-state index in [4.69, 9.17) is 10.5 Å². The van der Waals surface area contributed by atoms with Crippen LogP contribution < -0.4 is 15.8 Å². The normalized spacial score (nSPS) is 16.3. The maximum atomic E-state index is 11.3. The summed E-state index contributed by atoms with van der Waals surface area (Å²) in [5.41, 5.74) is 8.97. The minimum Gasteiger partial charge on any atom is -0.512 e. The zero-order chi connectivity index (χ0) is 25.0. The highest BCUT2D eigenvalue weighted by atomic mass is 16.5. The number of nitrogens with one attached hydrogen (secondary N) is 1. The van der Waals surface area contributed by atoms with Crippen LogP contribution in [0.3, 0.4) is 0 Å². The van der Waals surface area contributed by atoms with Crippen molar-refractivity contribution < 1.29 is 24.9 Å². The Morgan fingerprint density at radius 2 is 1.89 bits per heavy atom. The summed E-state index contributed by atoms with van der Waals surface area (Å²) in [5.74, 6) is 0.273.